The largest absolute Gasteiger partial charge is 0.488 e. The summed E-state index contributed by atoms with van der Waals surface area (Å²) in [5.41, 5.74) is -1.01. The molecule has 4 nitrogen and oxygen atoms in total. The Hall–Kier alpha value is -1.87. The van der Waals surface area contributed by atoms with Crippen LogP contribution in [-0.2, 0) is 12.7 Å². The molecule has 2 N–H and O–H groups in total. The highest BCUT2D eigenvalue weighted by atomic mass is 19.4. The third-order valence-electron chi connectivity index (χ3n) is 2.64. The molecule has 20 heavy (non-hydrogen) atoms. The molecule has 0 aliphatic carbocycles. The Morgan fingerprint density at radius 1 is 1.20 bits per heavy atom. The van der Waals surface area contributed by atoms with Crippen LogP contribution in [0.15, 0.2) is 30.5 Å². The Labute approximate surface area is 111 Å². The molecule has 0 atom stereocenters. The summed E-state index contributed by atoms with van der Waals surface area (Å²) in [6, 6.07) is 4.24. The maximum absolute atomic E-state index is 13.7. The van der Waals surface area contributed by atoms with E-state index in [0.29, 0.717) is 0 Å². The van der Waals surface area contributed by atoms with Crippen molar-refractivity contribution in [1.29, 1.82) is 0 Å². The molecule has 0 bridgehead atoms. The molecule has 1 aromatic heterocycles. The topological polar surface area (TPSA) is 58.3 Å². The fourth-order valence-electron chi connectivity index (χ4n) is 1.63. The second-order valence-electron chi connectivity index (χ2n) is 4.12. The summed E-state index contributed by atoms with van der Waals surface area (Å²) in [6.07, 6.45) is -3.45. The highest BCUT2D eigenvalue weighted by Gasteiger charge is 2.33. The SMILES string of the molecule is OB(O)c1ccc(Cn2ccc(C(F)(F)F)n2)c(F)c1. The molecule has 0 amide bonds. The Bertz CT molecular complexity index is 613. The number of nitrogens with zero attached hydrogens (tertiary/aromatic N) is 2. The van der Waals surface area contributed by atoms with Gasteiger partial charge in [-0.3, -0.25) is 4.68 Å². The smallest absolute Gasteiger partial charge is 0.423 e. The third kappa shape index (κ3) is 3.17. The van der Waals surface area contributed by atoms with Crippen molar-refractivity contribution in [2.75, 3.05) is 0 Å². The predicted octanol–water partition coefficient (Wildman–Crippen LogP) is 0.769. The standard InChI is InChI=1S/C11H9BF4N2O2/c13-9-5-8(12(19)20)2-1-7(9)6-18-4-3-10(17-18)11(14,15)16/h1-5,19-20H,6H2. The van der Waals surface area contributed by atoms with Gasteiger partial charge in [-0.1, -0.05) is 12.1 Å². The lowest BCUT2D eigenvalue weighted by molar-refractivity contribution is -0.141. The zero-order valence-corrected chi connectivity index (χ0v) is 9.97. The quantitative estimate of drug-likeness (QED) is 0.648. The van der Waals surface area contributed by atoms with E-state index in [1.165, 1.54) is 12.1 Å². The summed E-state index contributed by atoms with van der Waals surface area (Å²) in [7, 11) is -1.81. The average Bonchev–Trinajstić information content (AvgIpc) is 2.80. The van der Waals surface area contributed by atoms with Crippen LogP contribution in [0.1, 0.15) is 11.3 Å². The summed E-state index contributed by atoms with van der Waals surface area (Å²) in [5.74, 6) is -0.750. The van der Waals surface area contributed by atoms with Crippen LogP contribution in [0.2, 0.25) is 0 Å². The van der Waals surface area contributed by atoms with E-state index in [-0.39, 0.29) is 17.6 Å². The first kappa shape index (κ1) is 14.5. The number of hydrogen-bond donors (Lipinski definition) is 2. The zero-order valence-electron chi connectivity index (χ0n) is 9.97. The summed E-state index contributed by atoms with van der Waals surface area (Å²) in [4.78, 5) is 0. The predicted molar refractivity (Wildman–Crippen MR) is 62.6 cm³/mol. The summed E-state index contributed by atoms with van der Waals surface area (Å²) < 4.78 is 51.7. The molecule has 0 radical (unpaired) electrons. The first-order chi connectivity index (χ1) is 9.27. The van der Waals surface area contributed by atoms with Crippen LogP contribution in [-0.4, -0.2) is 26.9 Å². The highest BCUT2D eigenvalue weighted by molar-refractivity contribution is 6.58. The Morgan fingerprint density at radius 2 is 1.90 bits per heavy atom. The Kier molecular flexibility index (Phi) is 3.82. The van der Waals surface area contributed by atoms with Gasteiger partial charge < -0.3 is 10.0 Å². The van der Waals surface area contributed by atoms with Gasteiger partial charge >= 0.3 is 13.3 Å². The molecule has 0 unspecified atom stereocenters. The van der Waals surface area contributed by atoms with Crippen molar-refractivity contribution >= 4 is 12.6 Å². The molecule has 0 aliphatic rings. The van der Waals surface area contributed by atoms with Crippen molar-refractivity contribution in [3.05, 3.63) is 47.5 Å². The maximum atomic E-state index is 13.7. The van der Waals surface area contributed by atoms with Crippen molar-refractivity contribution in [2.24, 2.45) is 0 Å². The van der Waals surface area contributed by atoms with Crippen molar-refractivity contribution in [1.82, 2.24) is 9.78 Å². The van der Waals surface area contributed by atoms with Gasteiger partial charge in [-0.2, -0.15) is 18.3 Å². The van der Waals surface area contributed by atoms with Crippen molar-refractivity contribution in [3.8, 4) is 0 Å². The van der Waals surface area contributed by atoms with Gasteiger partial charge in [0, 0.05) is 11.8 Å². The fourth-order valence-corrected chi connectivity index (χ4v) is 1.63. The molecule has 106 valence electrons. The van der Waals surface area contributed by atoms with E-state index in [2.05, 4.69) is 5.10 Å². The van der Waals surface area contributed by atoms with Crippen LogP contribution < -0.4 is 5.46 Å². The van der Waals surface area contributed by atoms with Gasteiger partial charge in [-0.15, -0.1) is 0 Å². The van der Waals surface area contributed by atoms with Gasteiger partial charge in [0.1, 0.15) is 5.82 Å². The van der Waals surface area contributed by atoms with E-state index in [9.17, 15) is 17.6 Å². The van der Waals surface area contributed by atoms with Crippen molar-refractivity contribution in [2.45, 2.75) is 12.7 Å². The third-order valence-corrected chi connectivity index (χ3v) is 2.64. The van der Waals surface area contributed by atoms with Gasteiger partial charge in [0.25, 0.3) is 0 Å². The minimum absolute atomic E-state index is 0.0392. The van der Waals surface area contributed by atoms with Crippen LogP contribution in [0.25, 0.3) is 0 Å². The van der Waals surface area contributed by atoms with Crippen LogP contribution in [0.5, 0.6) is 0 Å². The molecule has 2 rings (SSSR count). The molecule has 0 saturated carbocycles. The van der Waals surface area contributed by atoms with Gasteiger partial charge in [-0.05, 0) is 17.6 Å². The molecule has 9 heteroatoms. The van der Waals surface area contributed by atoms with Gasteiger partial charge in [0.2, 0.25) is 0 Å². The number of rotatable bonds is 3. The first-order valence-corrected chi connectivity index (χ1v) is 5.52. The van der Waals surface area contributed by atoms with E-state index in [1.807, 2.05) is 0 Å². The first-order valence-electron chi connectivity index (χ1n) is 5.52. The molecular weight excluding hydrogens is 279 g/mol. The number of hydrogen-bond acceptors (Lipinski definition) is 3. The van der Waals surface area contributed by atoms with Crippen LogP contribution in [0, 0.1) is 5.82 Å². The minimum Gasteiger partial charge on any atom is -0.423 e. The van der Waals surface area contributed by atoms with Crippen LogP contribution >= 0.6 is 0 Å². The summed E-state index contributed by atoms with van der Waals surface area (Å²) >= 11 is 0. The zero-order chi connectivity index (χ0) is 14.9. The lowest BCUT2D eigenvalue weighted by Gasteiger charge is -2.06. The van der Waals surface area contributed by atoms with Crippen molar-refractivity contribution < 1.29 is 27.6 Å². The average molecular weight is 288 g/mol. The molecular formula is C11H9BF4N2O2. The van der Waals surface area contributed by atoms with E-state index >= 15 is 0 Å². The number of alkyl halides is 3. The van der Waals surface area contributed by atoms with E-state index < -0.39 is 24.8 Å². The van der Waals surface area contributed by atoms with E-state index in [0.717, 1.165) is 23.0 Å². The van der Waals surface area contributed by atoms with Gasteiger partial charge in [0.05, 0.1) is 6.54 Å². The lowest BCUT2D eigenvalue weighted by Crippen LogP contribution is -2.30. The van der Waals surface area contributed by atoms with Crippen LogP contribution in [0.3, 0.4) is 0 Å². The normalized spacial score (nSPS) is 11.7. The summed E-state index contributed by atoms with van der Waals surface area (Å²) in [5, 5.41) is 21.0. The van der Waals surface area contributed by atoms with Crippen LogP contribution in [0.4, 0.5) is 17.6 Å². The molecule has 2 aromatic rings. The number of benzene rings is 1. The van der Waals surface area contributed by atoms with Crippen molar-refractivity contribution in [3.63, 3.8) is 0 Å². The number of aromatic nitrogens is 2. The molecule has 0 aliphatic heterocycles. The Morgan fingerprint density at radius 3 is 2.40 bits per heavy atom. The highest BCUT2D eigenvalue weighted by Crippen LogP contribution is 2.27. The van der Waals surface area contributed by atoms with E-state index in [4.69, 9.17) is 10.0 Å². The molecule has 1 heterocycles. The summed E-state index contributed by atoms with van der Waals surface area (Å²) in [6.45, 7) is -0.191. The Balaban J connectivity index is 2.20. The second-order valence-corrected chi connectivity index (χ2v) is 4.12. The maximum Gasteiger partial charge on any atom is 0.488 e. The van der Waals surface area contributed by atoms with Gasteiger partial charge in [-0.25, -0.2) is 4.39 Å². The fraction of sp³-hybridized carbons (Fsp3) is 0.182. The molecule has 0 fully saturated rings. The van der Waals surface area contributed by atoms with E-state index in [1.54, 1.807) is 0 Å². The monoisotopic (exact) mass is 288 g/mol. The lowest BCUT2D eigenvalue weighted by atomic mass is 9.80. The molecule has 1 aromatic carbocycles. The van der Waals surface area contributed by atoms with Gasteiger partial charge in [0.15, 0.2) is 5.69 Å². The molecule has 0 spiro atoms. The minimum atomic E-state index is -4.55. The second kappa shape index (κ2) is 5.26. The number of halogens is 4. The molecule has 0 saturated heterocycles.